The molecule has 0 radical (unpaired) electrons. The largest absolute Gasteiger partial charge is 0.480 e. The molecule has 1 aliphatic heterocycles. The van der Waals surface area contributed by atoms with Gasteiger partial charge in [0, 0.05) is 12.6 Å². The first-order valence-electron chi connectivity index (χ1n) is 5.82. The third-order valence-corrected chi connectivity index (χ3v) is 4.51. The number of rotatable bonds is 5. The van der Waals surface area contributed by atoms with E-state index < -0.39 is 34.4 Å². The third-order valence-electron chi connectivity index (χ3n) is 2.76. The highest BCUT2D eigenvalue weighted by atomic mass is 32.2. The van der Waals surface area contributed by atoms with Gasteiger partial charge in [0.25, 0.3) is 0 Å². The predicted molar refractivity (Wildman–Crippen MR) is 69.6 cm³/mol. The minimum Gasteiger partial charge on any atom is -0.480 e. The maximum absolute atomic E-state index is 11.9. The molecule has 1 unspecified atom stereocenters. The highest BCUT2D eigenvalue weighted by Gasteiger charge is 2.35. The SMILES string of the molecule is C=C(C)CNC(=O)N(CC(=O)O)C1CCS(=O)(=O)C1. The molecule has 2 amide bonds. The summed E-state index contributed by atoms with van der Waals surface area (Å²) in [5, 5.41) is 11.3. The van der Waals surface area contributed by atoms with Crippen molar-refractivity contribution in [2.75, 3.05) is 24.6 Å². The third kappa shape index (κ3) is 4.90. The van der Waals surface area contributed by atoms with E-state index in [1.807, 2.05) is 0 Å². The molecular weight excluding hydrogens is 272 g/mol. The maximum atomic E-state index is 11.9. The normalized spacial score (nSPS) is 20.8. The van der Waals surface area contributed by atoms with Gasteiger partial charge in [-0.2, -0.15) is 0 Å². The standard InChI is InChI=1S/C11H18N2O5S/c1-8(2)5-12-11(16)13(6-10(14)15)9-3-4-19(17,18)7-9/h9H,1,3-7H2,2H3,(H,12,16)(H,14,15). The molecule has 0 aromatic rings. The number of carbonyl (C=O) groups is 2. The molecule has 1 atom stereocenters. The van der Waals surface area contributed by atoms with E-state index >= 15 is 0 Å². The molecule has 1 rings (SSSR count). The zero-order valence-corrected chi connectivity index (χ0v) is 11.6. The van der Waals surface area contributed by atoms with Crippen LogP contribution in [0.25, 0.3) is 0 Å². The van der Waals surface area contributed by atoms with Crippen LogP contribution in [-0.4, -0.2) is 61.1 Å². The Kier molecular flexibility index (Phi) is 4.93. The van der Waals surface area contributed by atoms with Crippen LogP contribution in [0.5, 0.6) is 0 Å². The first-order chi connectivity index (χ1) is 8.71. The second kappa shape index (κ2) is 6.05. The van der Waals surface area contributed by atoms with Gasteiger partial charge in [-0.05, 0) is 13.3 Å². The molecule has 0 spiro atoms. The lowest BCUT2D eigenvalue weighted by Crippen LogP contribution is -2.49. The number of aliphatic carboxylic acids is 1. The summed E-state index contributed by atoms with van der Waals surface area (Å²) in [6.07, 6.45) is 0.274. The molecule has 0 bridgehead atoms. The molecule has 0 aromatic heterocycles. The number of carbonyl (C=O) groups excluding carboxylic acids is 1. The number of carboxylic acids is 1. The monoisotopic (exact) mass is 290 g/mol. The first-order valence-corrected chi connectivity index (χ1v) is 7.64. The van der Waals surface area contributed by atoms with Gasteiger partial charge in [-0.1, -0.05) is 12.2 Å². The van der Waals surface area contributed by atoms with Crippen LogP contribution in [0.2, 0.25) is 0 Å². The Labute approximate surface area is 112 Å². The fourth-order valence-corrected chi connectivity index (χ4v) is 3.59. The number of nitrogens with one attached hydrogen (secondary N) is 1. The first kappa shape index (κ1) is 15.5. The van der Waals surface area contributed by atoms with E-state index in [2.05, 4.69) is 11.9 Å². The second-order valence-corrected chi connectivity index (χ2v) is 6.92. The molecule has 0 aliphatic carbocycles. The summed E-state index contributed by atoms with van der Waals surface area (Å²) in [7, 11) is -3.17. The molecule has 7 nitrogen and oxygen atoms in total. The molecule has 2 N–H and O–H groups in total. The van der Waals surface area contributed by atoms with E-state index in [1.165, 1.54) is 0 Å². The number of hydrogen-bond donors (Lipinski definition) is 2. The lowest BCUT2D eigenvalue weighted by Gasteiger charge is -2.26. The fourth-order valence-electron chi connectivity index (χ4n) is 1.86. The van der Waals surface area contributed by atoms with Crippen molar-refractivity contribution in [3.05, 3.63) is 12.2 Å². The van der Waals surface area contributed by atoms with E-state index in [-0.39, 0.29) is 24.5 Å². The van der Waals surface area contributed by atoms with Gasteiger partial charge >= 0.3 is 12.0 Å². The Bertz CT molecular complexity index is 485. The van der Waals surface area contributed by atoms with E-state index in [9.17, 15) is 18.0 Å². The number of sulfone groups is 1. The molecule has 108 valence electrons. The topological polar surface area (TPSA) is 104 Å². The van der Waals surface area contributed by atoms with Gasteiger partial charge < -0.3 is 15.3 Å². The van der Waals surface area contributed by atoms with Crippen LogP contribution in [0.15, 0.2) is 12.2 Å². The van der Waals surface area contributed by atoms with Crippen LogP contribution >= 0.6 is 0 Å². The van der Waals surface area contributed by atoms with Gasteiger partial charge in [0.1, 0.15) is 6.54 Å². The lowest BCUT2D eigenvalue weighted by atomic mass is 10.2. The Hall–Kier alpha value is -1.57. The Morgan fingerprint density at radius 3 is 2.53 bits per heavy atom. The van der Waals surface area contributed by atoms with E-state index in [4.69, 9.17) is 5.11 Å². The summed E-state index contributed by atoms with van der Waals surface area (Å²) in [6, 6.07) is -1.15. The van der Waals surface area contributed by atoms with Crippen molar-refractivity contribution in [3.63, 3.8) is 0 Å². The number of carboxylic acid groups (broad SMARTS) is 1. The smallest absolute Gasteiger partial charge is 0.323 e. The van der Waals surface area contributed by atoms with Crippen LogP contribution < -0.4 is 5.32 Å². The fraction of sp³-hybridized carbons (Fsp3) is 0.636. The Balaban J connectivity index is 2.74. The number of amides is 2. The average molecular weight is 290 g/mol. The molecule has 0 aromatic carbocycles. The van der Waals surface area contributed by atoms with E-state index in [0.717, 1.165) is 10.5 Å². The summed E-state index contributed by atoms with van der Waals surface area (Å²) >= 11 is 0. The molecule has 1 fully saturated rings. The van der Waals surface area contributed by atoms with Gasteiger partial charge in [-0.15, -0.1) is 0 Å². The summed E-state index contributed by atoms with van der Waals surface area (Å²) < 4.78 is 22.8. The highest BCUT2D eigenvalue weighted by Crippen LogP contribution is 2.17. The van der Waals surface area contributed by atoms with Crippen molar-refractivity contribution in [2.45, 2.75) is 19.4 Å². The quantitative estimate of drug-likeness (QED) is 0.685. The summed E-state index contributed by atoms with van der Waals surface area (Å²) in [5.74, 6) is -1.36. The second-order valence-electron chi connectivity index (χ2n) is 4.69. The minimum atomic E-state index is -3.17. The number of urea groups is 1. The Morgan fingerprint density at radius 2 is 2.11 bits per heavy atom. The molecule has 1 aliphatic rings. The van der Waals surface area contributed by atoms with Gasteiger partial charge in [0.05, 0.1) is 11.5 Å². The molecule has 0 saturated carbocycles. The van der Waals surface area contributed by atoms with Crippen molar-refractivity contribution in [2.24, 2.45) is 0 Å². The zero-order valence-electron chi connectivity index (χ0n) is 10.8. The van der Waals surface area contributed by atoms with Crippen LogP contribution in [-0.2, 0) is 14.6 Å². The highest BCUT2D eigenvalue weighted by molar-refractivity contribution is 7.91. The molecule has 19 heavy (non-hydrogen) atoms. The van der Waals surface area contributed by atoms with Gasteiger partial charge in [0.15, 0.2) is 9.84 Å². The van der Waals surface area contributed by atoms with Gasteiger partial charge in [-0.3, -0.25) is 4.79 Å². The van der Waals surface area contributed by atoms with E-state index in [1.54, 1.807) is 6.92 Å². The summed E-state index contributed by atoms with van der Waals surface area (Å²) in [4.78, 5) is 23.7. The zero-order chi connectivity index (χ0) is 14.6. The average Bonchev–Trinajstić information content (AvgIpc) is 2.62. The van der Waals surface area contributed by atoms with Crippen LogP contribution in [0.4, 0.5) is 4.79 Å². The molecule has 8 heteroatoms. The van der Waals surface area contributed by atoms with Gasteiger partial charge in [0.2, 0.25) is 0 Å². The number of hydrogen-bond acceptors (Lipinski definition) is 4. The van der Waals surface area contributed by atoms with Crippen LogP contribution in [0, 0.1) is 0 Å². The van der Waals surface area contributed by atoms with Crippen molar-refractivity contribution in [1.82, 2.24) is 10.2 Å². The van der Waals surface area contributed by atoms with Gasteiger partial charge in [-0.25, -0.2) is 13.2 Å². The molecular formula is C11H18N2O5S. The summed E-state index contributed by atoms with van der Waals surface area (Å²) in [5.41, 5.74) is 0.725. The lowest BCUT2D eigenvalue weighted by molar-refractivity contribution is -0.138. The van der Waals surface area contributed by atoms with Crippen LogP contribution in [0.1, 0.15) is 13.3 Å². The maximum Gasteiger partial charge on any atom is 0.323 e. The van der Waals surface area contributed by atoms with Crippen LogP contribution in [0.3, 0.4) is 0 Å². The Morgan fingerprint density at radius 1 is 1.47 bits per heavy atom. The minimum absolute atomic E-state index is 0.0123. The predicted octanol–water partition coefficient (Wildman–Crippen LogP) is -0.154. The molecule has 1 heterocycles. The van der Waals surface area contributed by atoms with Crippen molar-refractivity contribution < 1.29 is 23.1 Å². The van der Waals surface area contributed by atoms with Crippen molar-refractivity contribution in [1.29, 1.82) is 0 Å². The van der Waals surface area contributed by atoms with E-state index in [0.29, 0.717) is 0 Å². The van der Waals surface area contributed by atoms with Crippen molar-refractivity contribution in [3.8, 4) is 0 Å². The van der Waals surface area contributed by atoms with Crippen molar-refractivity contribution >= 4 is 21.8 Å². The molecule has 1 saturated heterocycles. The number of nitrogens with zero attached hydrogens (tertiary/aromatic N) is 1. The summed E-state index contributed by atoms with van der Waals surface area (Å²) in [6.45, 7) is 5.07.